The molecule has 1 heterocycles. The van der Waals surface area contributed by atoms with Gasteiger partial charge in [0.1, 0.15) is 11.0 Å². The fourth-order valence-electron chi connectivity index (χ4n) is 2.69. The highest BCUT2D eigenvalue weighted by molar-refractivity contribution is 6.29. The van der Waals surface area contributed by atoms with Gasteiger partial charge in [0.2, 0.25) is 0 Å². The second-order valence-corrected chi connectivity index (χ2v) is 6.54. The van der Waals surface area contributed by atoms with Crippen LogP contribution < -0.4 is 4.90 Å². The number of pyridine rings is 1. The molecule has 2 nitrogen and oxygen atoms in total. The smallest absolute Gasteiger partial charge is 0.131 e. The molecule has 1 aromatic rings. The molecule has 0 radical (unpaired) electrons. The Labute approximate surface area is 129 Å². The number of hydrogen-bond donors (Lipinski definition) is 0. The highest BCUT2D eigenvalue weighted by Crippen LogP contribution is 2.32. The zero-order valence-corrected chi connectivity index (χ0v) is 14.4. The van der Waals surface area contributed by atoms with Crippen molar-refractivity contribution in [1.29, 1.82) is 0 Å². The lowest BCUT2D eigenvalue weighted by molar-refractivity contribution is 0.472. The predicted octanol–water partition coefficient (Wildman–Crippen LogP) is 5.44. The maximum absolute atomic E-state index is 6.26. The molecule has 0 aliphatic carbocycles. The molecular formula is C17H29ClN2. The van der Waals surface area contributed by atoms with Gasteiger partial charge in [-0.2, -0.15) is 0 Å². The van der Waals surface area contributed by atoms with Crippen LogP contribution in [0.1, 0.15) is 65.9 Å². The van der Waals surface area contributed by atoms with Gasteiger partial charge in [-0.15, -0.1) is 0 Å². The van der Waals surface area contributed by atoms with Crippen molar-refractivity contribution in [3.63, 3.8) is 0 Å². The lowest BCUT2D eigenvalue weighted by Gasteiger charge is -2.28. The molecule has 0 atom stereocenters. The third-order valence-electron chi connectivity index (χ3n) is 3.75. The van der Waals surface area contributed by atoms with Crippen LogP contribution in [0.5, 0.6) is 0 Å². The summed E-state index contributed by atoms with van der Waals surface area (Å²) in [5.41, 5.74) is 1.45. The van der Waals surface area contributed by atoms with Crippen LogP contribution in [0.2, 0.25) is 5.15 Å². The van der Waals surface area contributed by atoms with Crippen molar-refractivity contribution < 1.29 is 0 Å². The van der Waals surface area contributed by atoms with Crippen LogP contribution in [0, 0.1) is 0 Å². The summed E-state index contributed by atoms with van der Waals surface area (Å²) in [6.45, 7) is 13.3. The highest BCUT2D eigenvalue weighted by Gasteiger charge is 2.22. The monoisotopic (exact) mass is 296 g/mol. The standard InChI is InChI=1S/C17H29ClN2/c1-6-9-17(4,5)14-12-15(18)19-16(13-14)20(10-7-2)11-8-3/h12-13H,6-11H2,1-5H3. The van der Waals surface area contributed by atoms with Crippen LogP contribution in [0.4, 0.5) is 5.82 Å². The van der Waals surface area contributed by atoms with Crippen molar-refractivity contribution in [2.24, 2.45) is 0 Å². The number of nitrogens with zero attached hydrogens (tertiary/aromatic N) is 2. The van der Waals surface area contributed by atoms with Gasteiger partial charge in [0, 0.05) is 13.1 Å². The molecule has 0 saturated carbocycles. The zero-order chi connectivity index (χ0) is 15.2. The number of aromatic nitrogens is 1. The maximum Gasteiger partial charge on any atom is 0.131 e. The Balaban J connectivity index is 3.12. The molecule has 0 N–H and O–H groups in total. The first-order chi connectivity index (χ1) is 9.44. The molecule has 3 heteroatoms. The molecule has 0 unspecified atom stereocenters. The Hall–Kier alpha value is -0.760. The molecule has 0 aliphatic rings. The normalized spacial score (nSPS) is 11.7. The average Bonchev–Trinajstić information content (AvgIpc) is 2.37. The predicted molar refractivity (Wildman–Crippen MR) is 90.0 cm³/mol. The minimum atomic E-state index is 0.153. The zero-order valence-electron chi connectivity index (χ0n) is 13.7. The summed E-state index contributed by atoms with van der Waals surface area (Å²) in [5.74, 6) is 1.03. The van der Waals surface area contributed by atoms with Gasteiger partial charge < -0.3 is 4.90 Å². The van der Waals surface area contributed by atoms with Gasteiger partial charge >= 0.3 is 0 Å². The highest BCUT2D eigenvalue weighted by atomic mass is 35.5. The maximum atomic E-state index is 6.26. The summed E-state index contributed by atoms with van der Waals surface area (Å²) in [6.07, 6.45) is 4.59. The molecule has 0 amide bonds. The van der Waals surface area contributed by atoms with E-state index in [1.54, 1.807) is 0 Å². The molecule has 1 rings (SSSR count). The lowest BCUT2D eigenvalue weighted by Crippen LogP contribution is -2.27. The third kappa shape index (κ3) is 4.66. The Morgan fingerprint density at radius 3 is 2.15 bits per heavy atom. The molecule has 0 aliphatic heterocycles. The van der Waals surface area contributed by atoms with Crippen LogP contribution in [-0.4, -0.2) is 18.1 Å². The summed E-state index contributed by atoms with van der Waals surface area (Å²) in [6, 6.07) is 4.25. The molecule has 0 fully saturated rings. The van der Waals surface area contributed by atoms with Crippen molar-refractivity contribution in [2.45, 2.75) is 65.7 Å². The fourth-order valence-corrected chi connectivity index (χ4v) is 2.89. The van der Waals surface area contributed by atoms with Crippen LogP contribution in [0.15, 0.2) is 12.1 Å². The van der Waals surface area contributed by atoms with Crippen LogP contribution in [0.25, 0.3) is 0 Å². The van der Waals surface area contributed by atoms with Crippen LogP contribution in [-0.2, 0) is 5.41 Å². The number of halogens is 1. The molecule has 0 bridgehead atoms. The van der Waals surface area contributed by atoms with Crippen LogP contribution >= 0.6 is 11.6 Å². The van der Waals surface area contributed by atoms with Crippen molar-refractivity contribution >= 4 is 17.4 Å². The summed E-state index contributed by atoms with van der Waals surface area (Å²) < 4.78 is 0. The van der Waals surface area contributed by atoms with Gasteiger partial charge in [-0.25, -0.2) is 4.98 Å². The third-order valence-corrected chi connectivity index (χ3v) is 3.94. The SMILES string of the molecule is CCCN(CCC)c1cc(C(C)(C)CCC)cc(Cl)n1. The Bertz CT molecular complexity index is 409. The van der Waals surface area contributed by atoms with Gasteiger partial charge in [-0.3, -0.25) is 0 Å². The number of anilines is 1. The van der Waals surface area contributed by atoms with Crippen molar-refractivity contribution in [1.82, 2.24) is 4.98 Å². The summed E-state index contributed by atoms with van der Waals surface area (Å²) in [7, 11) is 0. The van der Waals surface area contributed by atoms with E-state index in [9.17, 15) is 0 Å². The molecule has 0 spiro atoms. The van der Waals surface area contributed by atoms with E-state index in [0.717, 1.165) is 38.2 Å². The number of hydrogen-bond acceptors (Lipinski definition) is 2. The van der Waals surface area contributed by atoms with Crippen molar-refractivity contribution in [3.05, 3.63) is 22.8 Å². The number of rotatable bonds is 8. The van der Waals surface area contributed by atoms with Crippen molar-refractivity contribution in [2.75, 3.05) is 18.0 Å². The minimum absolute atomic E-state index is 0.153. The molecule has 0 saturated heterocycles. The van der Waals surface area contributed by atoms with E-state index < -0.39 is 0 Å². The molecule has 114 valence electrons. The van der Waals surface area contributed by atoms with E-state index in [4.69, 9.17) is 11.6 Å². The van der Waals surface area contributed by atoms with E-state index in [2.05, 4.69) is 50.6 Å². The van der Waals surface area contributed by atoms with E-state index in [1.807, 2.05) is 6.07 Å². The summed E-state index contributed by atoms with van der Waals surface area (Å²) >= 11 is 6.26. The second-order valence-electron chi connectivity index (χ2n) is 6.16. The minimum Gasteiger partial charge on any atom is -0.357 e. The molecule has 20 heavy (non-hydrogen) atoms. The van der Waals surface area contributed by atoms with Crippen molar-refractivity contribution in [3.8, 4) is 0 Å². The Kier molecular flexibility index (Phi) is 6.81. The van der Waals surface area contributed by atoms with E-state index in [0.29, 0.717) is 5.15 Å². The first kappa shape index (κ1) is 17.3. The molecular weight excluding hydrogens is 268 g/mol. The Morgan fingerprint density at radius 2 is 1.65 bits per heavy atom. The quantitative estimate of drug-likeness (QED) is 0.594. The Morgan fingerprint density at radius 1 is 1.05 bits per heavy atom. The largest absolute Gasteiger partial charge is 0.357 e. The average molecular weight is 297 g/mol. The van der Waals surface area contributed by atoms with E-state index >= 15 is 0 Å². The molecule has 0 aromatic carbocycles. The first-order valence-electron chi connectivity index (χ1n) is 7.87. The summed E-state index contributed by atoms with van der Waals surface area (Å²) in [5, 5.41) is 0.610. The summed E-state index contributed by atoms with van der Waals surface area (Å²) in [4.78, 5) is 6.88. The van der Waals surface area contributed by atoms with E-state index in [1.165, 1.54) is 12.0 Å². The van der Waals surface area contributed by atoms with Gasteiger partial charge in [0.15, 0.2) is 0 Å². The van der Waals surface area contributed by atoms with Gasteiger partial charge in [-0.05, 0) is 42.4 Å². The second kappa shape index (κ2) is 7.87. The fraction of sp³-hybridized carbons (Fsp3) is 0.706. The molecule has 1 aromatic heterocycles. The lowest BCUT2D eigenvalue weighted by atomic mass is 9.81. The van der Waals surface area contributed by atoms with Gasteiger partial charge in [-0.1, -0.05) is 52.6 Å². The van der Waals surface area contributed by atoms with Gasteiger partial charge in [0.05, 0.1) is 0 Å². The van der Waals surface area contributed by atoms with Gasteiger partial charge in [0.25, 0.3) is 0 Å². The van der Waals surface area contributed by atoms with Crippen LogP contribution in [0.3, 0.4) is 0 Å². The van der Waals surface area contributed by atoms with E-state index in [-0.39, 0.29) is 5.41 Å². The first-order valence-corrected chi connectivity index (χ1v) is 8.25. The topological polar surface area (TPSA) is 16.1 Å².